The van der Waals surface area contributed by atoms with Gasteiger partial charge in [-0.2, -0.15) is 0 Å². The molecular weight excluding hydrogens is 232 g/mol. The summed E-state index contributed by atoms with van der Waals surface area (Å²) in [5, 5.41) is 0. The maximum Gasteiger partial charge on any atom is 0.0707 e. The van der Waals surface area contributed by atoms with E-state index in [-0.39, 0.29) is 6.04 Å². The number of hydrogen-bond acceptors (Lipinski definition) is 3. The molecule has 1 aromatic rings. The predicted octanol–water partition coefficient (Wildman–Crippen LogP) is 1.80. The zero-order valence-electron chi connectivity index (χ0n) is 7.75. The summed E-state index contributed by atoms with van der Waals surface area (Å²) in [6.45, 7) is 2.43. The van der Waals surface area contributed by atoms with Gasteiger partial charge in [0, 0.05) is 11.6 Å². The highest BCUT2D eigenvalue weighted by Crippen LogP contribution is 2.16. The predicted molar refractivity (Wildman–Crippen MR) is 55.5 cm³/mol. The fraction of sp³-hybridized carbons (Fsp3) is 0.444. The summed E-state index contributed by atoms with van der Waals surface area (Å²) in [4.78, 5) is 4.34. The Morgan fingerprint density at radius 2 is 2.31 bits per heavy atom. The van der Waals surface area contributed by atoms with Crippen molar-refractivity contribution in [3.8, 4) is 0 Å². The summed E-state index contributed by atoms with van der Waals surface area (Å²) in [7, 11) is 1.63. The van der Waals surface area contributed by atoms with Crippen LogP contribution in [-0.4, -0.2) is 18.7 Å². The zero-order valence-corrected chi connectivity index (χ0v) is 9.34. The Hall–Kier alpha value is -0.450. The molecule has 0 saturated heterocycles. The van der Waals surface area contributed by atoms with Crippen molar-refractivity contribution in [2.24, 2.45) is 5.73 Å². The highest BCUT2D eigenvalue weighted by atomic mass is 79.9. The van der Waals surface area contributed by atoms with Gasteiger partial charge >= 0.3 is 0 Å². The van der Waals surface area contributed by atoms with Gasteiger partial charge in [-0.1, -0.05) is 0 Å². The highest BCUT2D eigenvalue weighted by molar-refractivity contribution is 9.10. The first-order chi connectivity index (χ1) is 6.15. The maximum atomic E-state index is 5.82. The van der Waals surface area contributed by atoms with E-state index in [1.54, 1.807) is 7.11 Å². The number of aryl methyl sites for hydroxylation is 1. The first-order valence-electron chi connectivity index (χ1n) is 4.02. The van der Waals surface area contributed by atoms with Crippen LogP contribution < -0.4 is 5.73 Å². The van der Waals surface area contributed by atoms with Gasteiger partial charge < -0.3 is 10.5 Å². The van der Waals surface area contributed by atoms with Crippen LogP contribution in [0.2, 0.25) is 0 Å². The van der Waals surface area contributed by atoms with Crippen LogP contribution in [0.25, 0.3) is 0 Å². The lowest BCUT2D eigenvalue weighted by Crippen LogP contribution is -2.17. The van der Waals surface area contributed by atoms with Gasteiger partial charge in [0.15, 0.2) is 0 Å². The van der Waals surface area contributed by atoms with Crippen LogP contribution in [0.1, 0.15) is 17.4 Å². The second kappa shape index (κ2) is 4.69. The second-order valence-corrected chi connectivity index (χ2v) is 3.72. The smallest absolute Gasteiger partial charge is 0.0707 e. The number of pyridine rings is 1. The molecule has 0 aliphatic rings. The van der Waals surface area contributed by atoms with E-state index in [2.05, 4.69) is 20.9 Å². The van der Waals surface area contributed by atoms with Gasteiger partial charge in [0.1, 0.15) is 0 Å². The zero-order chi connectivity index (χ0) is 9.84. The average Bonchev–Trinajstić information content (AvgIpc) is 2.10. The van der Waals surface area contributed by atoms with E-state index in [0.29, 0.717) is 6.61 Å². The molecule has 0 amide bonds. The minimum atomic E-state index is -0.142. The molecule has 1 atom stereocenters. The topological polar surface area (TPSA) is 48.1 Å². The van der Waals surface area contributed by atoms with Gasteiger partial charge in [-0.05, 0) is 35.0 Å². The number of hydrogen-bond donors (Lipinski definition) is 1. The van der Waals surface area contributed by atoms with Crippen LogP contribution in [0.5, 0.6) is 0 Å². The Morgan fingerprint density at radius 3 is 2.85 bits per heavy atom. The number of methoxy groups -OCH3 is 1. The normalized spacial score (nSPS) is 12.9. The van der Waals surface area contributed by atoms with Crippen LogP contribution >= 0.6 is 15.9 Å². The Balaban J connectivity index is 2.84. The Labute approximate surface area is 86.4 Å². The monoisotopic (exact) mass is 244 g/mol. The van der Waals surface area contributed by atoms with Crippen LogP contribution in [0.4, 0.5) is 0 Å². The quantitative estimate of drug-likeness (QED) is 0.883. The summed E-state index contributed by atoms with van der Waals surface area (Å²) in [6.07, 6.45) is 0. The van der Waals surface area contributed by atoms with Gasteiger partial charge in [-0.3, -0.25) is 4.98 Å². The summed E-state index contributed by atoms with van der Waals surface area (Å²) in [6, 6.07) is 3.71. The SMILES string of the molecule is COCC(N)c1ccc(Br)c(C)n1. The lowest BCUT2D eigenvalue weighted by Gasteiger charge is -2.10. The molecule has 0 spiro atoms. The number of nitrogens with two attached hydrogens (primary N) is 1. The molecule has 0 radical (unpaired) electrons. The first kappa shape index (κ1) is 10.6. The van der Waals surface area contributed by atoms with E-state index in [0.717, 1.165) is 15.9 Å². The average molecular weight is 245 g/mol. The van der Waals surface area contributed by atoms with E-state index in [4.69, 9.17) is 10.5 Å². The van der Waals surface area contributed by atoms with Gasteiger partial charge in [0.25, 0.3) is 0 Å². The molecule has 4 heteroatoms. The number of halogens is 1. The van der Waals surface area contributed by atoms with E-state index in [9.17, 15) is 0 Å². The van der Waals surface area contributed by atoms with Crippen LogP contribution in [0.3, 0.4) is 0 Å². The van der Waals surface area contributed by atoms with Gasteiger partial charge in [-0.15, -0.1) is 0 Å². The molecule has 2 N–H and O–H groups in total. The third kappa shape index (κ3) is 2.76. The third-order valence-electron chi connectivity index (χ3n) is 1.77. The molecule has 0 aliphatic carbocycles. The van der Waals surface area contributed by atoms with Crippen molar-refractivity contribution in [1.82, 2.24) is 4.98 Å². The Bertz CT molecular complexity index is 291. The molecule has 0 saturated carbocycles. The maximum absolute atomic E-state index is 5.82. The van der Waals surface area contributed by atoms with Crippen molar-refractivity contribution in [2.75, 3.05) is 13.7 Å². The number of ether oxygens (including phenoxy) is 1. The molecule has 72 valence electrons. The van der Waals surface area contributed by atoms with E-state index >= 15 is 0 Å². The molecular formula is C9H13BrN2O. The molecule has 0 aromatic carbocycles. The van der Waals surface area contributed by atoms with Crippen molar-refractivity contribution in [1.29, 1.82) is 0 Å². The van der Waals surface area contributed by atoms with Crippen molar-refractivity contribution in [3.05, 3.63) is 28.0 Å². The highest BCUT2D eigenvalue weighted by Gasteiger charge is 2.07. The largest absolute Gasteiger partial charge is 0.383 e. The van der Waals surface area contributed by atoms with Crippen LogP contribution in [-0.2, 0) is 4.74 Å². The summed E-state index contributed by atoms with van der Waals surface area (Å²) in [5.41, 5.74) is 7.63. The van der Waals surface area contributed by atoms with Crippen LogP contribution in [0.15, 0.2) is 16.6 Å². The van der Waals surface area contributed by atoms with E-state index < -0.39 is 0 Å². The Morgan fingerprint density at radius 1 is 1.62 bits per heavy atom. The van der Waals surface area contributed by atoms with Crippen molar-refractivity contribution in [3.63, 3.8) is 0 Å². The van der Waals surface area contributed by atoms with E-state index in [1.165, 1.54) is 0 Å². The minimum absolute atomic E-state index is 0.142. The van der Waals surface area contributed by atoms with Crippen LogP contribution in [0, 0.1) is 6.92 Å². The van der Waals surface area contributed by atoms with Crippen molar-refractivity contribution >= 4 is 15.9 Å². The molecule has 0 fully saturated rings. The number of aromatic nitrogens is 1. The van der Waals surface area contributed by atoms with Gasteiger partial charge in [-0.25, -0.2) is 0 Å². The lowest BCUT2D eigenvalue weighted by molar-refractivity contribution is 0.179. The molecule has 0 bridgehead atoms. The molecule has 0 aliphatic heterocycles. The third-order valence-corrected chi connectivity index (χ3v) is 2.61. The fourth-order valence-electron chi connectivity index (χ4n) is 1.03. The van der Waals surface area contributed by atoms with E-state index in [1.807, 2.05) is 19.1 Å². The van der Waals surface area contributed by atoms with Crippen molar-refractivity contribution in [2.45, 2.75) is 13.0 Å². The Kier molecular flexibility index (Phi) is 3.84. The molecule has 3 nitrogen and oxygen atoms in total. The summed E-state index contributed by atoms with van der Waals surface area (Å²) < 4.78 is 5.95. The standard InChI is InChI=1S/C9H13BrN2O/c1-6-7(10)3-4-9(12-6)8(11)5-13-2/h3-4,8H,5,11H2,1-2H3. The van der Waals surface area contributed by atoms with Crippen molar-refractivity contribution < 1.29 is 4.74 Å². The summed E-state index contributed by atoms with van der Waals surface area (Å²) >= 11 is 3.38. The number of rotatable bonds is 3. The molecule has 1 rings (SSSR count). The van der Waals surface area contributed by atoms with Gasteiger partial charge in [0.05, 0.1) is 24.0 Å². The molecule has 1 aromatic heterocycles. The molecule has 1 unspecified atom stereocenters. The lowest BCUT2D eigenvalue weighted by atomic mass is 10.2. The second-order valence-electron chi connectivity index (χ2n) is 2.87. The number of nitrogens with zero attached hydrogens (tertiary/aromatic N) is 1. The first-order valence-corrected chi connectivity index (χ1v) is 4.82. The minimum Gasteiger partial charge on any atom is -0.383 e. The van der Waals surface area contributed by atoms with Gasteiger partial charge in [0.2, 0.25) is 0 Å². The molecule has 1 heterocycles. The molecule has 13 heavy (non-hydrogen) atoms. The fourth-order valence-corrected chi connectivity index (χ4v) is 1.26. The summed E-state index contributed by atoms with van der Waals surface area (Å²) in [5.74, 6) is 0.